The predicted octanol–water partition coefficient (Wildman–Crippen LogP) is 3.96. The van der Waals surface area contributed by atoms with Gasteiger partial charge in [-0.1, -0.05) is 26.3 Å². The van der Waals surface area contributed by atoms with Gasteiger partial charge in [-0.05, 0) is 43.2 Å². The molecule has 1 aliphatic carbocycles. The Labute approximate surface area is 126 Å². The lowest BCUT2D eigenvalue weighted by molar-refractivity contribution is 0.0944. The van der Waals surface area contributed by atoms with Gasteiger partial charge in [-0.25, -0.2) is 4.39 Å². The zero-order valence-electron chi connectivity index (χ0n) is 13.0. The monoisotopic (exact) mass is 292 g/mol. The summed E-state index contributed by atoms with van der Waals surface area (Å²) in [5.74, 6) is -0.554. The third kappa shape index (κ3) is 3.96. The van der Waals surface area contributed by atoms with Gasteiger partial charge in [0, 0.05) is 13.1 Å². The highest BCUT2D eigenvalue weighted by molar-refractivity contribution is 5.99. The normalized spacial score (nSPS) is 15.6. The zero-order valence-corrected chi connectivity index (χ0v) is 13.0. The Morgan fingerprint density at radius 1 is 1.29 bits per heavy atom. The van der Waals surface area contributed by atoms with Crippen LogP contribution in [0.1, 0.15) is 56.3 Å². The van der Waals surface area contributed by atoms with Crippen LogP contribution in [0.2, 0.25) is 0 Å². The number of anilines is 1. The molecule has 1 saturated carbocycles. The maximum atomic E-state index is 13.9. The molecule has 0 spiro atoms. The highest BCUT2D eigenvalue weighted by atomic mass is 19.1. The molecule has 0 bridgehead atoms. The molecule has 0 aromatic heterocycles. The van der Waals surface area contributed by atoms with Gasteiger partial charge < -0.3 is 10.6 Å². The predicted molar refractivity (Wildman–Crippen MR) is 84.1 cm³/mol. The molecule has 1 fully saturated rings. The number of benzene rings is 1. The summed E-state index contributed by atoms with van der Waals surface area (Å²) in [4.78, 5) is 12.3. The summed E-state index contributed by atoms with van der Waals surface area (Å²) in [7, 11) is 0. The average molecular weight is 292 g/mol. The topological polar surface area (TPSA) is 41.1 Å². The Morgan fingerprint density at radius 3 is 2.67 bits per heavy atom. The van der Waals surface area contributed by atoms with Crippen molar-refractivity contribution in [2.24, 2.45) is 5.41 Å². The fraction of sp³-hybridized carbons (Fsp3) is 0.588. The second kappa shape index (κ2) is 6.92. The van der Waals surface area contributed by atoms with Gasteiger partial charge in [0.2, 0.25) is 0 Å². The Balaban J connectivity index is 2.03. The smallest absolute Gasteiger partial charge is 0.253 e. The first-order chi connectivity index (χ1) is 10.1. The number of carbonyl (C=O) groups is 1. The van der Waals surface area contributed by atoms with Crippen molar-refractivity contribution >= 4 is 11.6 Å². The number of para-hydroxylation sites is 1. The molecule has 0 radical (unpaired) electrons. The van der Waals surface area contributed by atoms with E-state index in [1.54, 1.807) is 12.1 Å². The van der Waals surface area contributed by atoms with Crippen LogP contribution in [-0.2, 0) is 0 Å². The van der Waals surface area contributed by atoms with Gasteiger partial charge in [-0.2, -0.15) is 0 Å². The largest absolute Gasteiger partial charge is 0.382 e. The van der Waals surface area contributed by atoms with E-state index in [1.165, 1.54) is 18.9 Å². The molecule has 2 rings (SSSR count). The number of nitrogens with one attached hydrogen (secondary N) is 2. The zero-order chi connectivity index (χ0) is 15.3. The van der Waals surface area contributed by atoms with E-state index in [9.17, 15) is 9.18 Å². The van der Waals surface area contributed by atoms with Crippen molar-refractivity contribution in [2.75, 3.05) is 18.4 Å². The van der Waals surface area contributed by atoms with E-state index in [0.29, 0.717) is 29.8 Å². The number of amides is 1. The van der Waals surface area contributed by atoms with Gasteiger partial charge in [-0.3, -0.25) is 4.79 Å². The first-order valence-electron chi connectivity index (χ1n) is 7.92. The van der Waals surface area contributed by atoms with Gasteiger partial charge in [0.25, 0.3) is 5.91 Å². The summed E-state index contributed by atoms with van der Waals surface area (Å²) < 4.78 is 13.9. The summed E-state index contributed by atoms with van der Waals surface area (Å²) in [6, 6.07) is 4.64. The van der Waals surface area contributed by atoms with Crippen LogP contribution in [-0.4, -0.2) is 19.0 Å². The average Bonchev–Trinajstić information content (AvgIpc) is 3.24. The van der Waals surface area contributed by atoms with Crippen LogP contribution in [0.4, 0.5) is 10.1 Å². The second-order valence-corrected chi connectivity index (χ2v) is 6.02. The van der Waals surface area contributed by atoms with Crippen molar-refractivity contribution in [3.63, 3.8) is 0 Å². The standard InChI is InChI=1S/C17H25FN2O/c1-3-8-17(9-10-17)12-20-16(21)13-6-5-7-14(18)15(13)19-11-4-2/h5-7,19H,3-4,8-12H2,1-2H3,(H,20,21). The Kier molecular flexibility index (Phi) is 5.21. The Morgan fingerprint density at radius 2 is 2.05 bits per heavy atom. The second-order valence-electron chi connectivity index (χ2n) is 6.02. The molecule has 1 aliphatic rings. The van der Waals surface area contributed by atoms with Crippen molar-refractivity contribution in [3.05, 3.63) is 29.6 Å². The quantitative estimate of drug-likeness (QED) is 0.761. The third-order valence-electron chi connectivity index (χ3n) is 4.17. The van der Waals surface area contributed by atoms with E-state index < -0.39 is 0 Å². The van der Waals surface area contributed by atoms with Gasteiger partial charge in [0.15, 0.2) is 0 Å². The van der Waals surface area contributed by atoms with Gasteiger partial charge in [-0.15, -0.1) is 0 Å². The van der Waals surface area contributed by atoms with E-state index in [-0.39, 0.29) is 11.7 Å². The maximum Gasteiger partial charge on any atom is 0.253 e. The molecule has 0 atom stereocenters. The summed E-state index contributed by atoms with van der Waals surface area (Å²) >= 11 is 0. The highest BCUT2D eigenvalue weighted by Gasteiger charge is 2.41. The lowest BCUT2D eigenvalue weighted by Crippen LogP contribution is -2.31. The first kappa shape index (κ1) is 15.8. The SMILES string of the molecule is CCCNc1c(F)cccc1C(=O)NCC1(CCC)CC1. The minimum absolute atomic E-state index is 0.185. The summed E-state index contributed by atoms with van der Waals surface area (Å²) in [6.07, 6.45) is 5.54. The van der Waals surface area contributed by atoms with E-state index in [1.807, 2.05) is 6.92 Å². The Bertz CT molecular complexity index is 498. The third-order valence-corrected chi connectivity index (χ3v) is 4.17. The van der Waals surface area contributed by atoms with Gasteiger partial charge in [0.05, 0.1) is 11.3 Å². The molecule has 3 nitrogen and oxygen atoms in total. The molecule has 1 aromatic carbocycles. The summed E-state index contributed by atoms with van der Waals surface area (Å²) in [6.45, 7) is 5.53. The fourth-order valence-electron chi connectivity index (χ4n) is 2.73. The van der Waals surface area contributed by atoms with Crippen LogP contribution in [0, 0.1) is 11.2 Å². The lowest BCUT2D eigenvalue weighted by atomic mass is 10.0. The summed E-state index contributed by atoms with van der Waals surface area (Å²) in [5, 5.41) is 6.00. The number of carbonyl (C=O) groups excluding carboxylic acids is 1. The van der Waals surface area contributed by atoms with Crippen molar-refractivity contribution in [1.82, 2.24) is 5.32 Å². The molecule has 1 amide bonds. The minimum atomic E-state index is -0.370. The van der Waals surface area contributed by atoms with Crippen LogP contribution >= 0.6 is 0 Å². The molecular weight excluding hydrogens is 267 g/mol. The summed E-state index contributed by atoms with van der Waals surface area (Å²) in [5.41, 5.74) is 1.02. The van der Waals surface area contributed by atoms with Crippen LogP contribution < -0.4 is 10.6 Å². The van der Waals surface area contributed by atoms with Crippen molar-refractivity contribution in [3.8, 4) is 0 Å². The molecule has 1 aromatic rings. The molecule has 0 heterocycles. The van der Waals surface area contributed by atoms with Crippen LogP contribution in [0.3, 0.4) is 0 Å². The molecule has 4 heteroatoms. The lowest BCUT2D eigenvalue weighted by Gasteiger charge is -2.17. The Hall–Kier alpha value is -1.58. The molecule has 2 N–H and O–H groups in total. The maximum absolute atomic E-state index is 13.9. The van der Waals surface area contributed by atoms with Crippen LogP contribution in [0.5, 0.6) is 0 Å². The van der Waals surface area contributed by atoms with Crippen molar-refractivity contribution < 1.29 is 9.18 Å². The molecule has 21 heavy (non-hydrogen) atoms. The van der Waals surface area contributed by atoms with Gasteiger partial charge >= 0.3 is 0 Å². The van der Waals surface area contributed by atoms with E-state index in [4.69, 9.17) is 0 Å². The fourth-order valence-corrected chi connectivity index (χ4v) is 2.73. The van der Waals surface area contributed by atoms with Crippen molar-refractivity contribution in [2.45, 2.75) is 46.0 Å². The molecule has 116 valence electrons. The molecular formula is C17H25FN2O. The van der Waals surface area contributed by atoms with Crippen molar-refractivity contribution in [1.29, 1.82) is 0 Å². The molecule has 0 unspecified atom stereocenters. The number of hydrogen-bond donors (Lipinski definition) is 2. The number of hydrogen-bond acceptors (Lipinski definition) is 2. The molecule has 0 aliphatic heterocycles. The first-order valence-corrected chi connectivity index (χ1v) is 7.92. The molecule has 0 saturated heterocycles. The van der Waals surface area contributed by atoms with E-state index in [2.05, 4.69) is 17.6 Å². The van der Waals surface area contributed by atoms with Gasteiger partial charge in [0.1, 0.15) is 5.82 Å². The number of halogens is 1. The van der Waals surface area contributed by atoms with E-state index in [0.717, 1.165) is 19.3 Å². The minimum Gasteiger partial charge on any atom is -0.382 e. The highest BCUT2D eigenvalue weighted by Crippen LogP contribution is 2.48. The van der Waals surface area contributed by atoms with E-state index >= 15 is 0 Å². The number of rotatable bonds is 8. The van der Waals surface area contributed by atoms with Crippen LogP contribution in [0.15, 0.2) is 18.2 Å². The van der Waals surface area contributed by atoms with Crippen LogP contribution in [0.25, 0.3) is 0 Å².